The normalized spacial score (nSPS) is 22.5. The Balaban J connectivity index is 2.10. The van der Waals surface area contributed by atoms with E-state index in [1.807, 2.05) is 0 Å². The van der Waals surface area contributed by atoms with Crippen LogP contribution in [-0.2, 0) is 19.1 Å². The molecule has 0 N–H and O–H groups in total. The summed E-state index contributed by atoms with van der Waals surface area (Å²) in [6.45, 7) is 4.14. The van der Waals surface area contributed by atoms with Crippen LogP contribution in [0.3, 0.4) is 0 Å². The fraction of sp³-hybridized carbons (Fsp3) is 0.500. The van der Waals surface area contributed by atoms with Crippen LogP contribution in [0.4, 0.5) is 0 Å². The molecule has 2 rings (SSSR count). The van der Waals surface area contributed by atoms with Crippen LogP contribution in [0.15, 0.2) is 34.4 Å². The van der Waals surface area contributed by atoms with Gasteiger partial charge in [-0.05, 0) is 50.7 Å². The Morgan fingerprint density at radius 3 is 1.58 bits per heavy atom. The molecule has 0 aromatic rings. The molecule has 0 saturated heterocycles. The highest BCUT2D eigenvalue weighted by atomic mass is 16.5. The van der Waals surface area contributed by atoms with Gasteiger partial charge >= 0.3 is 11.9 Å². The molecule has 0 aromatic carbocycles. The summed E-state index contributed by atoms with van der Waals surface area (Å²) in [5, 5.41) is 18.6. The lowest BCUT2D eigenvalue weighted by Gasteiger charge is -2.08. The first-order chi connectivity index (χ1) is 12.5. The first-order valence-electron chi connectivity index (χ1n) is 8.79. The van der Waals surface area contributed by atoms with Crippen molar-refractivity contribution in [3.05, 3.63) is 34.4 Å². The van der Waals surface area contributed by atoms with Gasteiger partial charge < -0.3 is 9.47 Å². The molecule has 2 atom stereocenters. The van der Waals surface area contributed by atoms with Gasteiger partial charge in [-0.25, -0.2) is 0 Å². The summed E-state index contributed by atoms with van der Waals surface area (Å²) in [4.78, 5) is 23.8. The Morgan fingerprint density at radius 1 is 0.885 bits per heavy atom. The fourth-order valence-corrected chi connectivity index (χ4v) is 3.30. The van der Waals surface area contributed by atoms with Crippen LogP contribution < -0.4 is 0 Å². The lowest BCUT2D eigenvalue weighted by atomic mass is 10.0. The minimum Gasteiger partial charge on any atom is -0.466 e. The van der Waals surface area contributed by atoms with E-state index < -0.39 is 0 Å². The molecule has 6 heteroatoms. The monoisotopic (exact) mass is 354 g/mol. The predicted molar refractivity (Wildman–Crippen MR) is 93.1 cm³/mol. The highest BCUT2D eigenvalue weighted by Gasteiger charge is 2.31. The third kappa shape index (κ3) is 4.40. The number of esters is 2. The van der Waals surface area contributed by atoms with Gasteiger partial charge in [-0.2, -0.15) is 10.5 Å². The van der Waals surface area contributed by atoms with Gasteiger partial charge in [0.1, 0.15) is 0 Å². The van der Waals surface area contributed by atoms with E-state index in [0.29, 0.717) is 50.0 Å². The fourth-order valence-electron chi connectivity index (χ4n) is 3.30. The summed E-state index contributed by atoms with van der Waals surface area (Å²) < 4.78 is 10.1. The molecule has 0 bridgehead atoms. The quantitative estimate of drug-likeness (QED) is 0.679. The number of carbonyl (C=O) groups excluding carboxylic acids is 2. The van der Waals surface area contributed by atoms with Crippen molar-refractivity contribution in [2.45, 2.75) is 39.5 Å². The number of allylic oxidation sites excluding steroid dienone is 6. The Bertz CT molecular complexity index is 698. The van der Waals surface area contributed by atoms with Crippen LogP contribution in [0.1, 0.15) is 39.5 Å². The molecule has 6 nitrogen and oxygen atoms in total. The molecule has 2 aliphatic rings. The number of nitrogens with zero attached hydrogens (tertiary/aromatic N) is 2. The summed E-state index contributed by atoms with van der Waals surface area (Å²) in [5.74, 6) is -1.23. The molecular formula is C20H22N2O4. The highest BCUT2D eigenvalue weighted by molar-refractivity contribution is 5.76. The number of nitriles is 2. The minimum atomic E-state index is -0.329. The van der Waals surface area contributed by atoms with Gasteiger partial charge in [-0.15, -0.1) is 0 Å². The first-order valence-corrected chi connectivity index (χ1v) is 8.79. The van der Waals surface area contributed by atoms with Gasteiger partial charge in [0.05, 0.1) is 37.2 Å². The molecule has 0 spiro atoms. The second-order valence-corrected chi connectivity index (χ2v) is 6.28. The van der Waals surface area contributed by atoms with Crippen molar-refractivity contribution in [2.24, 2.45) is 11.8 Å². The number of carbonyl (C=O) groups is 2. The third-order valence-electron chi connectivity index (χ3n) is 4.60. The molecule has 0 saturated carbocycles. The van der Waals surface area contributed by atoms with Gasteiger partial charge in [-0.3, -0.25) is 9.59 Å². The van der Waals surface area contributed by atoms with Crippen molar-refractivity contribution in [3.8, 4) is 12.1 Å². The Morgan fingerprint density at radius 2 is 1.27 bits per heavy atom. The molecule has 26 heavy (non-hydrogen) atoms. The van der Waals surface area contributed by atoms with Crippen LogP contribution in [-0.4, -0.2) is 25.2 Å². The molecule has 0 radical (unpaired) electrons. The Kier molecular flexibility index (Phi) is 6.74. The van der Waals surface area contributed by atoms with Crippen molar-refractivity contribution >= 4 is 11.9 Å². The summed E-state index contributed by atoms with van der Waals surface area (Å²) in [6, 6.07) is 4.30. The third-order valence-corrected chi connectivity index (χ3v) is 4.60. The second kappa shape index (κ2) is 9.01. The molecular weight excluding hydrogens is 332 g/mol. The van der Waals surface area contributed by atoms with E-state index in [1.165, 1.54) is 0 Å². The molecule has 0 amide bonds. The second-order valence-electron chi connectivity index (χ2n) is 6.28. The maximum absolute atomic E-state index is 11.9. The molecule has 0 aromatic heterocycles. The smallest absolute Gasteiger partial charge is 0.309 e. The van der Waals surface area contributed by atoms with Crippen molar-refractivity contribution in [1.29, 1.82) is 10.5 Å². The van der Waals surface area contributed by atoms with E-state index in [4.69, 9.17) is 9.47 Å². The zero-order valence-electron chi connectivity index (χ0n) is 15.1. The van der Waals surface area contributed by atoms with Crippen LogP contribution in [0.25, 0.3) is 0 Å². The summed E-state index contributed by atoms with van der Waals surface area (Å²) in [7, 11) is 0. The van der Waals surface area contributed by atoms with Gasteiger partial charge in [0, 0.05) is 11.1 Å². The number of ether oxygens (including phenoxy) is 2. The van der Waals surface area contributed by atoms with E-state index in [0.717, 1.165) is 11.1 Å². The molecule has 2 aliphatic carbocycles. The summed E-state index contributed by atoms with van der Waals surface area (Å²) in [6.07, 6.45) is 5.24. The minimum absolute atomic E-state index is 0.288. The van der Waals surface area contributed by atoms with E-state index in [9.17, 15) is 20.1 Å². The van der Waals surface area contributed by atoms with Crippen LogP contribution in [0.5, 0.6) is 0 Å². The van der Waals surface area contributed by atoms with E-state index in [1.54, 1.807) is 26.0 Å². The number of hydrogen-bond donors (Lipinski definition) is 0. The lowest BCUT2D eigenvalue weighted by Crippen LogP contribution is -2.15. The van der Waals surface area contributed by atoms with Crippen LogP contribution >= 0.6 is 0 Å². The van der Waals surface area contributed by atoms with Gasteiger partial charge in [0.25, 0.3) is 0 Å². The van der Waals surface area contributed by atoms with Crippen LogP contribution in [0.2, 0.25) is 0 Å². The highest BCUT2D eigenvalue weighted by Crippen LogP contribution is 2.36. The maximum Gasteiger partial charge on any atom is 0.309 e. The Hall–Kier alpha value is -2.86. The topological polar surface area (TPSA) is 100 Å². The average Bonchev–Trinajstić information content (AvgIpc) is 3.24. The molecule has 0 aliphatic heterocycles. The SMILES string of the molecule is CCOC(=O)C1CC(C#N)=C(/C=C/C2=C(C#N)CC(C(=O)OCC)C2)C1. The largest absolute Gasteiger partial charge is 0.466 e. The maximum atomic E-state index is 11.9. The number of hydrogen-bond acceptors (Lipinski definition) is 6. The zero-order chi connectivity index (χ0) is 19.1. The molecule has 0 heterocycles. The summed E-state index contributed by atoms with van der Waals surface area (Å²) in [5.41, 5.74) is 2.71. The van der Waals surface area contributed by atoms with Crippen LogP contribution in [0, 0.1) is 34.5 Å². The lowest BCUT2D eigenvalue weighted by molar-refractivity contribution is -0.148. The molecule has 0 fully saturated rings. The molecule has 136 valence electrons. The van der Waals surface area contributed by atoms with E-state index in [2.05, 4.69) is 12.1 Å². The van der Waals surface area contributed by atoms with Crippen molar-refractivity contribution in [1.82, 2.24) is 0 Å². The average molecular weight is 354 g/mol. The van der Waals surface area contributed by atoms with E-state index >= 15 is 0 Å². The van der Waals surface area contributed by atoms with Gasteiger partial charge in [0.15, 0.2) is 0 Å². The number of rotatable bonds is 6. The van der Waals surface area contributed by atoms with Crippen molar-refractivity contribution in [2.75, 3.05) is 13.2 Å². The first kappa shape index (κ1) is 19.5. The Labute approximate surface area is 153 Å². The molecule has 2 unspecified atom stereocenters. The van der Waals surface area contributed by atoms with Gasteiger partial charge in [0.2, 0.25) is 0 Å². The predicted octanol–water partition coefficient (Wildman–Crippen LogP) is 3.13. The van der Waals surface area contributed by atoms with E-state index in [-0.39, 0.29) is 23.8 Å². The van der Waals surface area contributed by atoms with Crippen molar-refractivity contribution < 1.29 is 19.1 Å². The van der Waals surface area contributed by atoms with Crippen molar-refractivity contribution in [3.63, 3.8) is 0 Å². The zero-order valence-corrected chi connectivity index (χ0v) is 15.1. The standard InChI is InChI=1S/C20H22N2O4/c1-3-25-19(23)15-7-13(17(9-15)11-21)5-6-14-8-16(10-18(14)12-22)20(24)26-4-2/h5-6,15-16H,3-4,7-10H2,1-2H3/b6-5+. The van der Waals surface area contributed by atoms with Gasteiger partial charge in [-0.1, -0.05) is 12.2 Å². The summed E-state index contributed by atoms with van der Waals surface area (Å²) >= 11 is 0.